The maximum atomic E-state index is 9.77. The first-order chi connectivity index (χ1) is 14.1. The molecule has 9 nitrogen and oxygen atoms in total. The molecule has 0 aliphatic carbocycles. The molecular weight excluding hydrogens is 416 g/mol. The zero-order valence-electron chi connectivity index (χ0n) is 16.6. The van der Waals surface area contributed by atoms with E-state index in [1.165, 1.54) is 0 Å². The number of carbonyl (C=O) groups is 2. The van der Waals surface area contributed by atoms with Crippen molar-refractivity contribution in [2.45, 2.75) is 18.3 Å². The first-order valence-electron chi connectivity index (χ1n) is 8.88. The standard InChI is InChI=1S/C16H19ClN2O.C4H6O6/c1-19(2)11-12-20-16(15-5-3-4-10-18-15)13-6-8-14(17)9-7-13;5-1(3(7)8)2(6)4(9)10/h3-10,16H,11-12H2,1-2H3;1-2,5-6H,(H,7,8)(H,9,10)/t;1-,2+. The zero-order valence-corrected chi connectivity index (χ0v) is 17.3. The summed E-state index contributed by atoms with van der Waals surface area (Å²) in [5.74, 6) is -3.54. The monoisotopic (exact) mass is 440 g/mol. The number of hydrogen-bond acceptors (Lipinski definition) is 7. The van der Waals surface area contributed by atoms with Gasteiger partial charge in [-0.3, -0.25) is 4.98 Å². The highest BCUT2D eigenvalue weighted by Crippen LogP contribution is 2.25. The maximum absolute atomic E-state index is 9.77. The molecule has 0 aliphatic heterocycles. The summed E-state index contributed by atoms with van der Waals surface area (Å²) in [6.07, 6.45) is -2.91. The number of rotatable bonds is 9. The third kappa shape index (κ3) is 8.85. The van der Waals surface area contributed by atoms with Gasteiger partial charge in [0.05, 0.1) is 12.3 Å². The first kappa shape index (κ1) is 25.5. The number of pyridine rings is 1. The molecule has 0 bridgehead atoms. The fourth-order valence-corrected chi connectivity index (χ4v) is 2.27. The molecule has 0 amide bonds. The second-order valence-electron chi connectivity index (χ2n) is 6.43. The number of aliphatic carboxylic acids is 2. The smallest absolute Gasteiger partial charge is 0.335 e. The van der Waals surface area contributed by atoms with Crippen LogP contribution in [0.1, 0.15) is 17.4 Å². The third-order valence-electron chi connectivity index (χ3n) is 3.76. The highest BCUT2D eigenvalue weighted by atomic mass is 35.5. The Morgan fingerprint density at radius 1 is 1.03 bits per heavy atom. The minimum Gasteiger partial charge on any atom is -0.479 e. The summed E-state index contributed by atoms with van der Waals surface area (Å²) in [6, 6.07) is 13.6. The number of aliphatic hydroxyl groups excluding tert-OH is 2. The van der Waals surface area contributed by atoms with Crippen LogP contribution < -0.4 is 0 Å². The Morgan fingerprint density at radius 2 is 1.60 bits per heavy atom. The summed E-state index contributed by atoms with van der Waals surface area (Å²) in [5.41, 5.74) is 1.97. The van der Waals surface area contributed by atoms with Gasteiger partial charge in [0.2, 0.25) is 0 Å². The largest absolute Gasteiger partial charge is 0.479 e. The fraction of sp³-hybridized carbons (Fsp3) is 0.350. The molecule has 2 aromatic rings. The Morgan fingerprint density at radius 3 is 2.03 bits per heavy atom. The maximum Gasteiger partial charge on any atom is 0.335 e. The van der Waals surface area contributed by atoms with Crippen molar-refractivity contribution in [1.82, 2.24) is 9.88 Å². The van der Waals surface area contributed by atoms with E-state index in [0.717, 1.165) is 22.8 Å². The minimum absolute atomic E-state index is 0.159. The number of benzene rings is 1. The predicted molar refractivity (Wildman–Crippen MR) is 109 cm³/mol. The lowest BCUT2D eigenvalue weighted by Crippen LogP contribution is -2.39. The van der Waals surface area contributed by atoms with Crippen molar-refractivity contribution in [3.8, 4) is 0 Å². The summed E-state index contributed by atoms with van der Waals surface area (Å²) in [5, 5.41) is 33.2. The first-order valence-corrected chi connectivity index (χ1v) is 9.25. The molecule has 3 atom stereocenters. The Kier molecular flexibility index (Phi) is 10.9. The molecule has 1 unspecified atom stereocenters. The van der Waals surface area contributed by atoms with Crippen LogP contribution in [-0.2, 0) is 14.3 Å². The number of hydrogen-bond donors (Lipinski definition) is 4. The van der Waals surface area contributed by atoms with Gasteiger partial charge in [0, 0.05) is 17.8 Å². The van der Waals surface area contributed by atoms with Crippen LogP contribution in [0.5, 0.6) is 0 Å². The Bertz CT molecular complexity index is 770. The molecule has 1 heterocycles. The molecule has 0 spiro atoms. The summed E-state index contributed by atoms with van der Waals surface area (Å²) in [6.45, 7) is 1.52. The van der Waals surface area contributed by atoms with Gasteiger partial charge in [-0.05, 0) is 43.9 Å². The Hall–Kier alpha value is -2.56. The van der Waals surface area contributed by atoms with Crippen LogP contribution in [0.25, 0.3) is 0 Å². The van der Waals surface area contributed by atoms with Crippen molar-refractivity contribution in [3.63, 3.8) is 0 Å². The van der Waals surface area contributed by atoms with E-state index in [0.29, 0.717) is 6.61 Å². The van der Waals surface area contributed by atoms with Gasteiger partial charge >= 0.3 is 11.9 Å². The molecule has 1 aromatic carbocycles. The van der Waals surface area contributed by atoms with Crippen LogP contribution in [0.4, 0.5) is 0 Å². The molecule has 164 valence electrons. The summed E-state index contributed by atoms with van der Waals surface area (Å²) < 4.78 is 6.02. The lowest BCUT2D eigenvalue weighted by atomic mass is 10.1. The van der Waals surface area contributed by atoms with Crippen molar-refractivity contribution in [1.29, 1.82) is 0 Å². The second-order valence-corrected chi connectivity index (χ2v) is 6.86. The predicted octanol–water partition coefficient (Wildman–Crippen LogP) is 1.28. The van der Waals surface area contributed by atoms with Gasteiger partial charge in [0.1, 0.15) is 6.10 Å². The molecule has 0 radical (unpaired) electrons. The van der Waals surface area contributed by atoms with E-state index in [1.807, 2.05) is 56.6 Å². The van der Waals surface area contributed by atoms with Crippen molar-refractivity contribution >= 4 is 23.5 Å². The van der Waals surface area contributed by atoms with Crippen molar-refractivity contribution in [2.75, 3.05) is 27.2 Å². The van der Waals surface area contributed by atoms with Gasteiger partial charge in [-0.2, -0.15) is 0 Å². The number of nitrogens with zero attached hydrogens (tertiary/aromatic N) is 2. The normalized spacial score (nSPS) is 13.7. The number of ether oxygens (including phenoxy) is 1. The van der Waals surface area contributed by atoms with E-state index in [2.05, 4.69) is 9.88 Å². The SMILES string of the molecule is CN(C)CCOC(c1ccc(Cl)cc1)c1ccccn1.O=C(O)[C@@H](O)[C@@H](O)C(=O)O. The Balaban J connectivity index is 0.000000382. The number of aromatic nitrogens is 1. The van der Waals surface area contributed by atoms with Crippen molar-refractivity contribution in [2.24, 2.45) is 0 Å². The minimum atomic E-state index is -2.27. The molecule has 0 aliphatic rings. The third-order valence-corrected chi connectivity index (χ3v) is 4.01. The summed E-state index contributed by atoms with van der Waals surface area (Å²) in [4.78, 5) is 26.0. The number of carboxylic acid groups (broad SMARTS) is 2. The van der Waals surface area contributed by atoms with Gasteiger partial charge in [0.15, 0.2) is 12.2 Å². The zero-order chi connectivity index (χ0) is 22.7. The fourth-order valence-electron chi connectivity index (χ4n) is 2.14. The van der Waals surface area contributed by atoms with Gasteiger partial charge in [0.25, 0.3) is 0 Å². The molecule has 4 N–H and O–H groups in total. The van der Waals surface area contributed by atoms with E-state index < -0.39 is 24.1 Å². The number of aliphatic hydroxyl groups is 2. The van der Waals surface area contributed by atoms with Crippen molar-refractivity contribution in [3.05, 3.63) is 64.9 Å². The molecule has 1 aromatic heterocycles. The molecule has 0 fully saturated rings. The van der Waals surface area contributed by atoms with Gasteiger partial charge in [-0.1, -0.05) is 29.8 Å². The van der Waals surface area contributed by atoms with E-state index in [-0.39, 0.29) is 6.10 Å². The van der Waals surface area contributed by atoms with Gasteiger partial charge < -0.3 is 30.1 Å². The quantitative estimate of drug-likeness (QED) is 0.453. The van der Waals surface area contributed by atoms with Gasteiger partial charge in [-0.15, -0.1) is 0 Å². The number of carboxylic acids is 2. The molecule has 0 saturated heterocycles. The average Bonchev–Trinajstić information content (AvgIpc) is 2.71. The van der Waals surface area contributed by atoms with E-state index in [4.69, 9.17) is 36.8 Å². The van der Waals surface area contributed by atoms with Crippen LogP contribution in [0.3, 0.4) is 0 Å². The lowest BCUT2D eigenvalue weighted by molar-refractivity contribution is -0.165. The molecule has 10 heteroatoms. The topological polar surface area (TPSA) is 140 Å². The van der Waals surface area contributed by atoms with Crippen LogP contribution in [0, 0.1) is 0 Å². The summed E-state index contributed by atoms with van der Waals surface area (Å²) >= 11 is 5.95. The van der Waals surface area contributed by atoms with Crippen LogP contribution in [0.2, 0.25) is 5.02 Å². The van der Waals surface area contributed by atoms with E-state index >= 15 is 0 Å². The van der Waals surface area contributed by atoms with Gasteiger partial charge in [-0.25, -0.2) is 9.59 Å². The average molecular weight is 441 g/mol. The molecular formula is C20H25ClN2O7. The van der Waals surface area contributed by atoms with Crippen LogP contribution in [0.15, 0.2) is 48.7 Å². The highest BCUT2D eigenvalue weighted by Gasteiger charge is 2.29. The number of halogens is 1. The van der Waals surface area contributed by atoms with Crippen LogP contribution in [-0.4, -0.2) is 81.7 Å². The number of likely N-dealkylation sites (N-methyl/N-ethyl adjacent to an activating group) is 1. The second kappa shape index (κ2) is 12.9. The molecule has 2 rings (SSSR count). The molecule has 30 heavy (non-hydrogen) atoms. The summed E-state index contributed by atoms with van der Waals surface area (Å²) in [7, 11) is 4.06. The van der Waals surface area contributed by atoms with Crippen molar-refractivity contribution < 1.29 is 34.8 Å². The van der Waals surface area contributed by atoms with E-state index in [1.54, 1.807) is 6.20 Å². The Labute approximate surface area is 179 Å². The van der Waals surface area contributed by atoms with E-state index in [9.17, 15) is 9.59 Å². The van der Waals surface area contributed by atoms with Crippen LogP contribution >= 0.6 is 11.6 Å². The molecule has 0 saturated carbocycles. The lowest BCUT2D eigenvalue weighted by Gasteiger charge is -2.19. The highest BCUT2D eigenvalue weighted by molar-refractivity contribution is 6.30.